The molecule has 2 amide bonds. The number of hydrogen-bond donors (Lipinski definition) is 1. The number of aryl methyl sites for hydroxylation is 1. The van der Waals surface area contributed by atoms with Crippen molar-refractivity contribution in [1.29, 1.82) is 0 Å². The fourth-order valence-corrected chi connectivity index (χ4v) is 4.92. The first kappa shape index (κ1) is 23.7. The van der Waals surface area contributed by atoms with Crippen LogP contribution in [0.2, 0.25) is 5.02 Å². The van der Waals surface area contributed by atoms with Crippen LogP contribution in [-0.2, 0) is 9.59 Å². The predicted octanol–water partition coefficient (Wildman–Crippen LogP) is 7.43. The summed E-state index contributed by atoms with van der Waals surface area (Å²) in [4.78, 5) is 29.5. The van der Waals surface area contributed by atoms with Gasteiger partial charge in [-0.2, -0.15) is 0 Å². The van der Waals surface area contributed by atoms with Gasteiger partial charge in [-0.1, -0.05) is 59.8 Å². The van der Waals surface area contributed by atoms with Crippen molar-refractivity contribution in [2.24, 2.45) is 0 Å². The van der Waals surface area contributed by atoms with E-state index in [9.17, 15) is 9.59 Å². The lowest BCUT2D eigenvalue weighted by Crippen LogP contribution is -2.32. The summed E-state index contributed by atoms with van der Waals surface area (Å²) in [5.41, 5.74) is 2.25. The number of halogens is 1. The van der Waals surface area contributed by atoms with Crippen molar-refractivity contribution in [1.82, 2.24) is 0 Å². The molecule has 4 aromatic carbocycles. The Bertz CT molecular complexity index is 1460. The molecule has 1 N–H and O–H groups in total. The third-order valence-corrected chi connectivity index (χ3v) is 6.85. The summed E-state index contributed by atoms with van der Waals surface area (Å²) in [5.74, 6) is 0.488. The van der Waals surface area contributed by atoms with Crippen LogP contribution < -0.4 is 15.0 Å². The maximum Gasteiger partial charge on any atom is 0.283 e. The van der Waals surface area contributed by atoms with E-state index in [0.29, 0.717) is 32.8 Å². The van der Waals surface area contributed by atoms with Gasteiger partial charge in [0.15, 0.2) is 0 Å². The van der Waals surface area contributed by atoms with Gasteiger partial charge in [0.2, 0.25) is 0 Å². The summed E-state index contributed by atoms with van der Waals surface area (Å²) in [5, 5.41) is 3.79. The van der Waals surface area contributed by atoms with E-state index < -0.39 is 5.91 Å². The zero-order chi connectivity index (χ0) is 25.1. The molecule has 7 heteroatoms. The Morgan fingerprint density at radius 1 is 0.778 bits per heavy atom. The number of thioether (sulfide) groups is 1. The highest BCUT2D eigenvalue weighted by atomic mass is 35.5. The van der Waals surface area contributed by atoms with Crippen molar-refractivity contribution in [3.05, 3.63) is 124 Å². The molecule has 0 spiro atoms. The first-order chi connectivity index (χ1) is 17.5. The number of para-hydroxylation sites is 1. The number of carbonyl (C=O) groups excluding carboxylic acids is 2. The fraction of sp³-hybridized carbons (Fsp3) is 0.0345. The topological polar surface area (TPSA) is 58.6 Å². The molecule has 0 radical (unpaired) electrons. The first-order valence-corrected chi connectivity index (χ1v) is 12.4. The number of nitrogens with zero attached hydrogens (tertiary/aromatic N) is 1. The van der Waals surface area contributed by atoms with Crippen molar-refractivity contribution in [3.8, 4) is 11.5 Å². The summed E-state index contributed by atoms with van der Waals surface area (Å²) < 4.78 is 5.85. The van der Waals surface area contributed by atoms with E-state index in [1.165, 1.54) is 16.7 Å². The smallest absolute Gasteiger partial charge is 0.283 e. The van der Waals surface area contributed by atoms with Gasteiger partial charge in [0.25, 0.3) is 11.8 Å². The van der Waals surface area contributed by atoms with Gasteiger partial charge in [-0.15, -0.1) is 0 Å². The highest BCUT2D eigenvalue weighted by Gasteiger charge is 2.40. The van der Waals surface area contributed by atoms with Crippen LogP contribution in [0.4, 0.5) is 11.4 Å². The third kappa shape index (κ3) is 5.00. The van der Waals surface area contributed by atoms with Crippen LogP contribution in [0, 0.1) is 6.92 Å². The standard InChI is InChI=1S/C29H21ClN2O3S/c1-19-18-20(30)12-17-25(19)31-26-27(36-24-10-6-3-7-11-24)29(34)32(28(26)33)21-13-15-23(16-14-21)35-22-8-4-2-5-9-22/h2-18,31H,1H3. The molecular weight excluding hydrogens is 492 g/mol. The molecule has 36 heavy (non-hydrogen) atoms. The summed E-state index contributed by atoms with van der Waals surface area (Å²) in [7, 11) is 0. The maximum atomic E-state index is 13.6. The van der Waals surface area contributed by atoms with Crippen LogP contribution >= 0.6 is 23.4 Å². The Kier molecular flexibility index (Phi) is 6.80. The maximum absolute atomic E-state index is 13.6. The molecule has 5 rings (SSSR count). The molecule has 5 nitrogen and oxygen atoms in total. The predicted molar refractivity (Wildman–Crippen MR) is 145 cm³/mol. The Balaban J connectivity index is 1.46. The van der Waals surface area contributed by atoms with E-state index in [-0.39, 0.29) is 11.6 Å². The van der Waals surface area contributed by atoms with Gasteiger partial charge in [0.1, 0.15) is 22.1 Å². The molecule has 0 saturated carbocycles. The average Bonchev–Trinajstić information content (AvgIpc) is 3.11. The van der Waals surface area contributed by atoms with Gasteiger partial charge in [-0.05, 0) is 79.2 Å². The van der Waals surface area contributed by atoms with Gasteiger partial charge in [0, 0.05) is 15.6 Å². The van der Waals surface area contributed by atoms with Gasteiger partial charge in [-0.3, -0.25) is 9.59 Å². The lowest BCUT2D eigenvalue weighted by Gasteiger charge is -2.16. The second-order valence-electron chi connectivity index (χ2n) is 8.06. The van der Waals surface area contributed by atoms with Crippen LogP contribution in [-0.4, -0.2) is 11.8 Å². The number of rotatable bonds is 7. The number of amides is 2. The van der Waals surface area contributed by atoms with Crippen LogP contribution in [0.3, 0.4) is 0 Å². The molecule has 178 valence electrons. The largest absolute Gasteiger partial charge is 0.457 e. The van der Waals surface area contributed by atoms with Gasteiger partial charge < -0.3 is 10.1 Å². The number of anilines is 2. The molecule has 1 aliphatic heterocycles. The molecule has 0 unspecified atom stereocenters. The lowest BCUT2D eigenvalue weighted by atomic mass is 10.2. The second-order valence-corrected chi connectivity index (χ2v) is 9.58. The molecule has 0 atom stereocenters. The number of carbonyl (C=O) groups is 2. The minimum Gasteiger partial charge on any atom is -0.457 e. The van der Waals surface area contributed by atoms with E-state index >= 15 is 0 Å². The van der Waals surface area contributed by atoms with Crippen molar-refractivity contribution in [2.75, 3.05) is 10.2 Å². The summed E-state index contributed by atoms with van der Waals surface area (Å²) in [6, 6.07) is 31.1. The summed E-state index contributed by atoms with van der Waals surface area (Å²) in [6.45, 7) is 1.89. The first-order valence-electron chi connectivity index (χ1n) is 11.2. The number of benzene rings is 4. The van der Waals surface area contributed by atoms with E-state index in [0.717, 1.165) is 10.5 Å². The Labute approximate surface area is 218 Å². The molecule has 4 aromatic rings. The number of imide groups is 1. The number of nitrogens with one attached hydrogen (secondary N) is 1. The van der Waals surface area contributed by atoms with E-state index in [1.54, 1.807) is 42.5 Å². The quantitative estimate of drug-likeness (QED) is 0.261. The van der Waals surface area contributed by atoms with Crippen molar-refractivity contribution >= 4 is 46.6 Å². The molecule has 1 heterocycles. The normalized spacial score (nSPS) is 13.3. The van der Waals surface area contributed by atoms with Crippen LogP contribution in [0.25, 0.3) is 0 Å². The average molecular weight is 513 g/mol. The Morgan fingerprint density at radius 2 is 1.42 bits per heavy atom. The van der Waals surface area contributed by atoms with Crippen molar-refractivity contribution < 1.29 is 14.3 Å². The molecule has 0 bridgehead atoms. The highest BCUT2D eigenvalue weighted by Crippen LogP contribution is 2.38. The Morgan fingerprint density at radius 3 is 2.08 bits per heavy atom. The number of hydrogen-bond acceptors (Lipinski definition) is 5. The molecule has 1 aliphatic rings. The summed E-state index contributed by atoms with van der Waals surface area (Å²) >= 11 is 7.36. The summed E-state index contributed by atoms with van der Waals surface area (Å²) in [6.07, 6.45) is 0. The molecule has 0 aliphatic carbocycles. The minimum absolute atomic E-state index is 0.226. The van der Waals surface area contributed by atoms with Gasteiger partial charge in [-0.25, -0.2) is 4.90 Å². The monoisotopic (exact) mass is 512 g/mol. The second kappa shape index (κ2) is 10.3. The van der Waals surface area contributed by atoms with E-state index in [4.69, 9.17) is 16.3 Å². The van der Waals surface area contributed by atoms with E-state index in [2.05, 4.69) is 5.32 Å². The Hall–Kier alpha value is -4.00. The minimum atomic E-state index is -0.426. The van der Waals surface area contributed by atoms with Crippen LogP contribution in [0.15, 0.2) is 119 Å². The number of ether oxygens (including phenoxy) is 1. The fourth-order valence-electron chi connectivity index (χ4n) is 3.75. The van der Waals surface area contributed by atoms with Gasteiger partial charge in [0.05, 0.1) is 5.69 Å². The molecule has 0 fully saturated rings. The van der Waals surface area contributed by atoms with E-state index in [1.807, 2.05) is 67.6 Å². The SMILES string of the molecule is Cc1cc(Cl)ccc1NC1=C(Sc2ccccc2)C(=O)N(c2ccc(Oc3ccccc3)cc2)C1=O. The highest BCUT2D eigenvalue weighted by molar-refractivity contribution is 8.04. The van der Waals surface area contributed by atoms with Crippen LogP contribution in [0.1, 0.15) is 5.56 Å². The molecule has 0 saturated heterocycles. The molecular formula is C29H21ClN2O3S. The molecule has 0 aromatic heterocycles. The zero-order valence-corrected chi connectivity index (χ0v) is 20.8. The van der Waals surface area contributed by atoms with Crippen LogP contribution in [0.5, 0.6) is 11.5 Å². The van der Waals surface area contributed by atoms with Crippen molar-refractivity contribution in [3.63, 3.8) is 0 Å². The van der Waals surface area contributed by atoms with Gasteiger partial charge >= 0.3 is 0 Å². The van der Waals surface area contributed by atoms with Crippen molar-refractivity contribution in [2.45, 2.75) is 11.8 Å². The lowest BCUT2D eigenvalue weighted by molar-refractivity contribution is -0.120. The third-order valence-electron chi connectivity index (χ3n) is 5.53. The zero-order valence-electron chi connectivity index (χ0n) is 19.3.